The van der Waals surface area contributed by atoms with Crippen LogP contribution < -0.4 is 10.6 Å². The number of ether oxygens (including phenoxy) is 4. The lowest BCUT2D eigenvalue weighted by molar-refractivity contribution is -0.161. The fourth-order valence-electron chi connectivity index (χ4n) is 11.0. The molecule has 590 valence electrons. The van der Waals surface area contributed by atoms with Crippen LogP contribution in [0.5, 0.6) is 0 Å². The summed E-state index contributed by atoms with van der Waals surface area (Å²) in [5, 5.41) is 25.0. The highest BCUT2D eigenvalue weighted by Crippen LogP contribution is 2.44. The third-order valence-electron chi connectivity index (χ3n) is 17.2. The van der Waals surface area contributed by atoms with Gasteiger partial charge in [-0.05, 0) is 25.7 Å². The van der Waals surface area contributed by atoms with Crippen LogP contribution in [0.4, 0.5) is 0 Å². The van der Waals surface area contributed by atoms with E-state index in [0.29, 0.717) is 25.7 Å². The van der Waals surface area contributed by atoms with Crippen molar-refractivity contribution in [2.45, 2.75) is 373 Å². The third kappa shape index (κ3) is 67.5. The minimum Gasteiger partial charge on any atom is -0.462 e. The molecule has 0 bridgehead atoms. The normalized spacial score (nSPS) is 14.0. The van der Waals surface area contributed by atoms with Crippen molar-refractivity contribution in [1.82, 2.24) is 10.6 Å². The number of hydrogen-bond acceptors (Lipinski definition) is 20. The number of aliphatic hydroxyl groups excluding tert-OH is 2. The molecule has 22 nitrogen and oxygen atoms in total. The summed E-state index contributed by atoms with van der Waals surface area (Å²) < 4.78 is 68.7. The van der Waals surface area contributed by atoms with Crippen LogP contribution in [0.2, 0.25) is 0 Å². The number of amides is 2. The first kappa shape index (κ1) is 97.7. The minimum absolute atomic E-state index is 0.0294. The number of unbranched alkanes of at least 4 members (excludes halogenated alkanes) is 40. The number of nitrogens with one attached hydrogen (secondary N) is 2. The van der Waals surface area contributed by atoms with Crippen LogP contribution in [-0.2, 0) is 74.9 Å². The van der Waals surface area contributed by atoms with Crippen molar-refractivity contribution in [3.63, 3.8) is 0 Å². The lowest BCUT2D eigenvalue weighted by Gasteiger charge is -2.21. The van der Waals surface area contributed by atoms with Crippen LogP contribution in [0.25, 0.3) is 0 Å². The zero-order valence-corrected chi connectivity index (χ0v) is 66.2. The maximum Gasteiger partial charge on any atom is 0.472 e. The summed E-state index contributed by atoms with van der Waals surface area (Å²) in [5.74, 6) is -2.51. The van der Waals surface area contributed by atoms with Gasteiger partial charge >= 0.3 is 39.5 Å². The van der Waals surface area contributed by atoms with E-state index in [2.05, 4.69) is 38.3 Å². The molecule has 0 aliphatic carbocycles. The Balaban J connectivity index is 5.05. The van der Waals surface area contributed by atoms with Crippen molar-refractivity contribution < 1.29 is 94.9 Å². The molecule has 100 heavy (non-hydrogen) atoms. The molecule has 26 heteroatoms. The predicted molar refractivity (Wildman–Crippen MR) is 402 cm³/mol. The molecule has 0 aromatic carbocycles. The van der Waals surface area contributed by atoms with Crippen LogP contribution >= 0.6 is 37.2 Å². The fourth-order valence-corrected chi connectivity index (χ4v) is 14.6. The van der Waals surface area contributed by atoms with Gasteiger partial charge in [0, 0.05) is 50.0 Å². The SMILES string of the molecule is CCCCCCCCCCCCCC(=O)OC[C@H](COP(=O)(O)OC[C@@H](CO)NC(=O)CCSSCCC(=O)N[C@H](CO)COP(=O)(O)OC[C@@H](COC(=O)CCCCCCCCCCCCC)OC(=O)CCCCCCCCCCCCC)OC(=O)CCCCCCCCCCCCC. The maximum absolute atomic E-state index is 13.0. The third-order valence-corrected chi connectivity index (χ3v) is 21.5. The van der Waals surface area contributed by atoms with Crippen LogP contribution in [0, 0.1) is 0 Å². The zero-order valence-electron chi connectivity index (χ0n) is 62.8. The molecule has 0 spiro atoms. The highest BCUT2D eigenvalue weighted by Gasteiger charge is 2.30. The van der Waals surface area contributed by atoms with Crippen LogP contribution in [0.3, 0.4) is 0 Å². The number of aliphatic hydroxyl groups is 2. The Kier molecular flexibility index (Phi) is 69.3. The van der Waals surface area contributed by atoms with Crippen LogP contribution in [0.15, 0.2) is 0 Å². The van der Waals surface area contributed by atoms with Gasteiger partial charge in [0.25, 0.3) is 0 Å². The second kappa shape index (κ2) is 70.9. The van der Waals surface area contributed by atoms with E-state index >= 15 is 0 Å². The standard InChI is InChI=1S/C74H142N2O20P2S2/c1-5-9-13-17-21-25-29-33-37-41-45-49-71(81)89-61-67(95-73(83)51-47-43-39-35-31-27-23-19-15-11-7-3)63-93-97(85,86)91-59-65(57-77)75-69(79)53-55-99-100-56-54-70(80)76-66(58-78)60-92-98(87,88)94-64-68(96-74(84)52-48-44-40-36-32-28-24-20-16-12-8-4)62-90-72(82)50-46-42-38-34-30-26-22-18-14-10-6-2/h65-68,77-78H,5-64H2,1-4H3,(H,75,79)(H,76,80)(H,85,86)(H,87,88)/t65-,66-,67-,68-/m1/s1. The zero-order chi connectivity index (χ0) is 73.7. The Morgan fingerprint density at radius 1 is 0.310 bits per heavy atom. The Hall–Kier alpha value is -2.34. The van der Waals surface area contributed by atoms with Gasteiger partial charge < -0.3 is 49.6 Å². The summed E-state index contributed by atoms with van der Waals surface area (Å²) in [6, 6.07) is -2.19. The van der Waals surface area contributed by atoms with Crippen molar-refractivity contribution in [2.24, 2.45) is 0 Å². The van der Waals surface area contributed by atoms with Crippen molar-refractivity contribution in [3.8, 4) is 0 Å². The number of phosphoric acid groups is 2. The number of hydrogen-bond donors (Lipinski definition) is 6. The smallest absolute Gasteiger partial charge is 0.462 e. The Morgan fingerprint density at radius 2 is 0.530 bits per heavy atom. The largest absolute Gasteiger partial charge is 0.472 e. The van der Waals surface area contributed by atoms with E-state index in [0.717, 1.165) is 89.9 Å². The minimum atomic E-state index is -4.84. The second-order valence-corrected chi connectivity index (χ2v) is 32.5. The highest BCUT2D eigenvalue weighted by molar-refractivity contribution is 8.76. The summed E-state index contributed by atoms with van der Waals surface area (Å²) in [4.78, 5) is 98.0. The van der Waals surface area contributed by atoms with Crippen LogP contribution in [0.1, 0.15) is 349 Å². The van der Waals surface area contributed by atoms with E-state index in [9.17, 15) is 57.9 Å². The summed E-state index contributed by atoms with van der Waals surface area (Å²) in [5.41, 5.74) is 0. The Labute approximate surface area is 612 Å². The van der Waals surface area contributed by atoms with E-state index < -0.39 is 115 Å². The lowest BCUT2D eigenvalue weighted by atomic mass is 10.1. The van der Waals surface area contributed by atoms with Gasteiger partial charge in [-0.25, -0.2) is 9.13 Å². The lowest BCUT2D eigenvalue weighted by Crippen LogP contribution is -2.41. The van der Waals surface area contributed by atoms with Gasteiger partial charge in [0.1, 0.15) is 13.2 Å². The van der Waals surface area contributed by atoms with Gasteiger partial charge in [-0.3, -0.25) is 46.9 Å². The van der Waals surface area contributed by atoms with Crippen molar-refractivity contribution in [2.75, 3.05) is 64.4 Å². The summed E-state index contributed by atoms with van der Waals surface area (Å²) in [6.45, 7) is 4.30. The molecular weight excluding hydrogens is 1360 g/mol. The van der Waals surface area contributed by atoms with Crippen LogP contribution in [-0.4, -0.2) is 144 Å². The van der Waals surface area contributed by atoms with Crippen molar-refractivity contribution in [3.05, 3.63) is 0 Å². The number of rotatable bonds is 77. The first-order valence-corrected chi connectivity index (χ1v) is 44.9. The molecule has 6 N–H and O–H groups in total. The molecule has 0 aliphatic rings. The molecule has 0 heterocycles. The van der Waals surface area contributed by atoms with Gasteiger partial charge in [0.05, 0.1) is 51.7 Å². The molecule has 0 aliphatic heterocycles. The molecular formula is C74H142N2O20P2S2. The molecule has 6 atom stereocenters. The molecule has 0 rings (SSSR count). The number of carbonyl (C=O) groups is 6. The molecule has 0 aromatic heterocycles. The van der Waals surface area contributed by atoms with E-state index in [1.54, 1.807) is 0 Å². The summed E-state index contributed by atoms with van der Waals surface area (Å²) in [7, 11) is -7.13. The molecule has 2 unspecified atom stereocenters. The Morgan fingerprint density at radius 3 is 0.770 bits per heavy atom. The van der Waals surface area contributed by atoms with E-state index in [4.69, 9.17) is 37.0 Å². The highest BCUT2D eigenvalue weighted by atomic mass is 33.1. The van der Waals surface area contributed by atoms with E-state index in [-0.39, 0.29) is 63.2 Å². The molecule has 2 amide bonds. The topological polar surface area (TPSA) is 315 Å². The van der Waals surface area contributed by atoms with E-state index in [1.165, 1.54) is 189 Å². The average molecular weight is 1510 g/mol. The van der Waals surface area contributed by atoms with Gasteiger partial charge in [-0.15, -0.1) is 0 Å². The first-order chi connectivity index (χ1) is 48.4. The quantitative estimate of drug-likeness (QED) is 0.0108. The molecule has 0 radical (unpaired) electrons. The number of esters is 4. The first-order valence-electron chi connectivity index (χ1n) is 39.4. The van der Waals surface area contributed by atoms with Gasteiger partial charge in [0.2, 0.25) is 11.8 Å². The molecule has 0 saturated carbocycles. The molecule has 0 saturated heterocycles. The predicted octanol–water partition coefficient (Wildman–Crippen LogP) is 18.1. The monoisotopic (exact) mass is 1500 g/mol. The Bertz CT molecular complexity index is 1930. The van der Waals surface area contributed by atoms with Crippen molar-refractivity contribution in [1.29, 1.82) is 0 Å². The van der Waals surface area contributed by atoms with Gasteiger partial charge in [-0.1, -0.05) is 306 Å². The average Bonchev–Trinajstić information content (AvgIpc) is 0.937. The van der Waals surface area contributed by atoms with Gasteiger partial charge in [-0.2, -0.15) is 0 Å². The summed E-state index contributed by atoms with van der Waals surface area (Å²) in [6.07, 6.45) is 47.3. The van der Waals surface area contributed by atoms with E-state index in [1.807, 2.05) is 0 Å². The van der Waals surface area contributed by atoms with Crippen molar-refractivity contribution >= 4 is 72.9 Å². The number of phosphoric ester groups is 2. The maximum atomic E-state index is 13.0. The fraction of sp³-hybridized carbons (Fsp3) is 0.919. The molecule has 0 aromatic rings. The molecule has 0 fully saturated rings. The van der Waals surface area contributed by atoms with Gasteiger partial charge in [0.15, 0.2) is 12.2 Å². The summed E-state index contributed by atoms with van der Waals surface area (Å²) >= 11 is 0. The number of carbonyl (C=O) groups excluding carboxylic acids is 6. The second-order valence-electron chi connectivity index (χ2n) is 26.9.